The third-order valence-electron chi connectivity index (χ3n) is 1.85. The molecule has 0 saturated carbocycles. The molecule has 0 aliphatic carbocycles. The SMILES string of the molecule is COc1ccc(/C=C(/Br)C=O)c(OC)c1. The van der Waals surface area contributed by atoms with E-state index in [1.165, 1.54) is 0 Å². The number of methoxy groups -OCH3 is 2. The Morgan fingerprint density at radius 1 is 1.33 bits per heavy atom. The van der Waals surface area contributed by atoms with Crippen LogP contribution in [0.1, 0.15) is 5.56 Å². The second-order valence-corrected chi connectivity index (χ2v) is 3.67. The van der Waals surface area contributed by atoms with E-state index < -0.39 is 0 Å². The number of benzene rings is 1. The molecule has 0 aliphatic heterocycles. The summed E-state index contributed by atoms with van der Waals surface area (Å²) in [4.78, 5) is 10.5. The van der Waals surface area contributed by atoms with E-state index in [2.05, 4.69) is 15.9 Å². The third kappa shape index (κ3) is 3.09. The summed E-state index contributed by atoms with van der Waals surface area (Å²) in [5.74, 6) is 1.37. The zero-order valence-corrected chi connectivity index (χ0v) is 10.1. The van der Waals surface area contributed by atoms with Crippen molar-refractivity contribution in [2.24, 2.45) is 0 Å². The van der Waals surface area contributed by atoms with Crippen LogP contribution in [0.5, 0.6) is 11.5 Å². The van der Waals surface area contributed by atoms with Gasteiger partial charge in [0.25, 0.3) is 0 Å². The predicted octanol–water partition coefficient (Wildman–Crippen LogP) is 2.64. The number of hydrogen-bond donors (Lipinski definition) is 0. The molecule has 0 radical (unpaired) electrons. The lowest BCUT2D eigenvalue weighted by Crippen LogP contribution is -1.90. The Balaban J connectivity index is 3.13. The topological polar surface area (TPSA) is 35.5 Å². The quantitative estimate of drug-likeness (QED) is 0.623. The van der Waals surface area contributed by atoms with Crippen LogP contribution in [0.2, 0.25) is 0 Å². The molecule has 0 aliphatic rings. The van der Waals surface area contributed by atoms with Crippen molar-refractivity contribution in [3.63, 3.8) is 0 Å². The first-order valence-corrected chi connectivity index (χ1v) is 5.05. The van der Waals surface area contributed by atoms with Gasteiger partial charge in [-0.1, -0.05) is 0 Å². The second-order valence-electron chi connectivity index (χ2n) is 2.75. The zero-order valence-electron chi connectivity index (χ0n) is 8.49. The fourth-order valence-corrected chi connectivity index (χ4v) is 1.37. The first-order valence-electron chi connectivity index (χ1n) is 4.25. The number of carbonyl (C=O) groups is 1. The summed E-state index contributed by atoms with van der Waals surface area (Å²) in [6, 6.07) is 5.39. The Bertz CT molecular complexity index is 385. The van der Waals surface area contributed by atoms with Crippen LogP contribution in [0.3, 0.4) is 0 Å². The fourth-order valence-electron chi connectivity index (χ4n) is 1.12. The lowest BCUT2D eigenvalue weighted by atomic mass is 10.2. The summed E-state index contributed by atoms with van der Waals surface area (Å²) < 4.78 is 10.7. The average Bonchev–Trinajstić information content (AvgIpc) is 2.29. The number of hydrogen-bond acceptors (Lipinski definition) is 3. The highest BCUT2D eigenvalue weighted by Gasteiger charge is 2.03. The number of halogens is 1. The van der Waals surface area contributed by atoms with Crippen molar-refractivity contribution in [2.75, 3.05) is 14.2 Å². The Kier molecular flexibility index (Phi) is 4.37. The van der Waals surface area contributed by atoms with Crippen LogP contribution in [0.4, 0.5) is 0 Å². The van der Waals surface area contributed by atoms with Crippen LogP contribution in [0.15, 0.2) is 22.7 Å². The van der Waals surface area contributed by atoms with Gasteiger partial charge in [-0.05, 0) is 34.1 Å². The van der Waals surface area contributed by atoms with Crippen molar-refractivity contribution in [3.05, 3.63) is 28.2 Å². The van der Waals surface area contributed by atoms with E-state index in [4.69, 9.17) is 9.47 Å². The Labute approximate surface area is 96.8 Å². The molecule has 3 nitrogen and oxygen atoms in total. The maximum absolute atomic E-state index is 10.5. The van der Waals surface area contributed by atoms with Crippen LogP contribution in [0.25, 0.3) is 6.08 Å². The molecule has 0 unspecified atom stereocenters. The normalized spacial score (nSPS) is 11.0. The Morgan fingerprint density at radius 3 is 2.60 bits per heavy atom. The Morgan fingerprint density at radius 2 is 2.07 bits per heavy atom. The number of rotatable bonds is 4. The molecule has 0 fully saturated rings. The van der Waals surface area contributed by atoms with Crippen LogP contribution in [-0.2, 0) is 4.79 Å². The predicted molar refractivity (Wildman–Crippen MR) is 62.5 cm³/mol. The second kappa shape index (κ2) is 5.56. The van der Waals surface area contributed by atoms with Gasteiger partial charge < -0.3 is 9.47 Å². The average molecular weight is 271 g/mol. The van der Waals surface area contributed by atoms with Crippen molar-refractivity contribution in [3.8, 4) is 11.5 Å². The van der Waals surface area contributed by atoms with Crippen molar-refractivity contribution in [1.82, 2.24) is 0 Å². The van der Waals surface area contributed by atoms with E-state index in [0.717, 1.165) is 11.8 Å². The summed E-state index contributed by atoms with van der Waals surface area (Å²) in [5, 5.41) is 0. The molecular formula is C11H11BrO3. The van der Waals surface area contributed by atoms with E-state index in [-0.39, 0.29) is 0 Å². The van der Waals surface area contributed by atoms with Gasteiger partial charge in [-0.2, -0.15) is 0 Å². The summed E-state index contributed by atoms with van der Waals surface area (Å²) >= 11 is 3.12. The summed E-state index contributed by atoms with van der Waals surface area (Å²) in [6.07, 6.45) is 2.41. The maximum atomic E-state index is 10.5. The first kappa shape index (κ1) is 11.8. The van der Waals surface area contributed by atoms with Crippen molar-refractivity contribution in [2.45, 2.75) is 0 Å². The van der Waals surface area contributed by atoms with E-state index in [1.807, 2.05) is 6.07 Å². The van der Waals surface area contributed by atoms with Crippen LogP contribution >= 0.6 is 15.9 Å². The first-order chi connectivity index (χ1) is 7.21. The van der Waals surface area contributed by atoms with Gasteiger partial charge in [0.05, 0.1) is 18.7 Å². The molecule has 1 aromatic carbocycles. The smallest absolute Gasteiger partial charge is 0.157 e. The molecule has 1 rings (SSSR count). The van der Waals surface area contributed by atoms with Gasteiger partial charge in [0, 0.05) is 11.6 Å². The highest BCUT2D eigenvalue weighted by molar-refractivity contribution is 9.12. The lowest BCUT2D eigenvalue weighted by Gasteiger charge is -2.07. The lowest BCUT2D eigenvalue weighted by molar-refractivity contribution is -0.104. The van der Waals surface area contributed by atoms with Crippen molar-refractivity contribution < 1.29 is 14.3 Å². The van der Waals surface area contributed by atoms with Gasteiger partial charge >= 0.3 is 0 Å². The number of aldehydes is 1. The van der Waals surface area contributed by atoms with E-state index >= 15 is 0 Å². The fraction of sp³-hybridized carbons (Fsp3) is 0.182. The van der Waals surface area contributed by atoms with Crippen molar-refractivity contribution in [1.29, 1.82) is 0 Å². The van der Waals surface area contributed by atoms with Crippen LogP contribution in [0, 0.1) is 0 Å². The minimum Gasteiger partial charge on any atom is -0.497 e. The number of ether oxygens (including phenoxy) is 2. The van der Waals surface area contributed by atoms with Crippen LogP contribution in [-0.4, -0.2) is 20.5 Å². The molecule has 0 spiro atoms. The molecule has 0 aromatic heterocycles. The molecule has 0 heterocycles. The van der Waals surface area contributed by atoms with E-state index in [9.17, 15) is 4.79 Å². The van der Waals surface area contributed by atoms with Gasteiger partial charge in [0.1, 0.15) is 11.5 Å². The minimum atomic E-state index is 0.464. The molecule has 0 N–H and O–H groups in total. The highest BCUT2D eigenvalue weighted by atomic mass is 79.9. The van der Waals surface area contributed by atoms with Gasteiger partial charge in [-0.15, -0.1) is 0 Å². The maximum Gasteiger partial charge on any atom is 0.157 e. The molecule has 0 bridgehead atoms. The molecule has 4 heteroatoms. The van der Waals surface area contributed by atoms with Gasteiger partial charge in [-0.3, -0.25) is 4.79 Å². The van der Waals surface area contributed by atoms with Gasteiger partial charge in [-0.25, -0.2) is 0 Å². The van der Waals surface area contributed by atoms with Crippen molar-refractivity contribution >= 4 is 28.3 Å². The van der Waals surface area contributed by atoms with Gasteiger partial charge in [0.15, 0.2) is 6.29 Å². The third-order valence-corrected chi connectivity index (χ3v) is 2.26. The highest BCUT2D eigenvalue weighted by Crippen LogP contribution is 2.26. The molecule has 15 heavy (non-hydrogen) atoms. The molecule has 0 saturated heterocycles. The number of allylic oxidation sites excluding steroid dienone is 1. The van der Waals surface area contributed by atoms with E-state index in [1.54, 1.807) is 32.4 Å². The Hall–Kier alpha value is -1.29. The van der Waals surface area contributed by atoms with Gasteiger partial charge in [0.2, 0.25) is 0 Å². The zero-order chi connectivity index (χ0) is 11.3. The molecule has 0 atom stereocenters. The number of carbonyl (C=O) groups excluding carboxylic acids is 1. The summed E-state index contributed by atoms with van der Waals surface area (Å²) in [6.45, 7) is 0. The molecule has 1 aromatic rings. The summed E-state index contributed by atoms with van der Waals surface area (Å²) in [7, 11) is 3.16. The molecule has 80 valence electrons. The van der Waals surface area contributed by atoms with E-state index in [0.29, 0.717) is 16.0 Å². The summed E-state index contributed by atoms with van der Waals surface area (Å²) in [5.41, 5.74) is 0.817. The van der Waals surface area contributed by atoms with Crippen LogP contribution < -0.4 is 9.47 Å². The minimum absolute atomic E-state index is 0.464. The largest absolute Gasteiger partial charge is 0.497 e. The molecule has 0 amide bonds. The standard InChI is InChI=1S/C11H11BrO3/c1-14-10-4-3-8(5-9(12)7-13)11(6-10)15-2/h3-7H,1-2H3/b9-5+. The monoisotopic (exact) mass is 270 g/mol. The molecular weight excluding hydrogens is 260 g/mol.